The van der Waals surface area contributed by atoms with Gasteiger partial charge in [-0.15, -0.1) is 0 Å². The Balaban J connectivity index is 1.91. The molecule has 0 aliphatic heterocycles. The predicted octanol–water partition coefficient (Wildman–Crippen LogP) is 3.35. The lowest BCUT2D eigenvalue weighted by Gasteiger charge is -2.20. The first kappa shape index (κ1) is 11.9. The van der Waals surface area contributed by atoms with Crippen molar-refractivity contribution in [3.05, 3.63) is 48.4 Å². The van der Waals surface area contributed by atoms with Crippen molar-refractivity contribution in [1.82, 2.24) is 0 Å². The Bertz CT molecular complexity index is 595. The van der Waals surface area contributed by atoms with Gasteiger partial charge in [0.25, 0.3) is 0 Å². The Kier molecular flexibility index (Phi) is 3.03. The molecule has 1 aliphatic carbocycles. The van der Waals surface area contributed by atoms with Crippen LogP contribution in [-0.2, 0) is 9.59 Å². The molecule has 0 bridgehead atoms. The maximum Gasteiger partial charge on any atom is 0.140 e. The summed E-state index contributed by atoms with van der Waals surface area (Å²) in [6.45, 7) is 0. The highest BCUT2D eigenvalue weighted by atomic mass is 16.3. The zero-order chi connectivity index (χ0) is 13.2. The molecule has 0 N–H and O–H groups in total. The van der Waals surface area contributed by atoms with Gasteiger partial charge in [0.05, 0.1) is 18.9 Å². The summed E-state index contributed by atoms with van der Waals surface area (Å²) in [5, 5.41) is 0. The van der Waals surface area contributed by atoms with Gasteiger partial charge in [0.2, 0.25) is 0 Å². The predicted molar refractivity (Wildman–Crippen MR) is 70.8 cm³/mol. The fourth-order valence-corrected chi connectivity index (χ4v) is 2.62. The van der Waals surface area contributed by atoms with Crippen LogP contribution >= 0.6 is 0 Å². The Morgan fingerprint density at radius 1 is 1.00 bits per heavy atom. The monoisotopic (exact) mass is 254 g/mol. The highest BCUT2D eigenvalue weighted by Crippen LogP contribution is 2.31. The molecule has 1 heterocycles. The summed E-state index contributed by atoms with van der Waals surface area (Å²) in [5.41, 5.74) is 3.12. The zero-order valence-corrected chi connectivity index (χ0v) is 10.5. The van der Waals surface area contributed by atoms with Crippen molar-refractivity contribution in [1.29, 1.82) is 0 Å². The van der Waals surface area contributed by atoms with Gasteiger partial charge in [-0.2, -0.15) is 0 Å². The molecule has 3 heteroatoms. The van der Waals surface area contributed by atoms with E-state index in [1.807, 2.05) is 30.3 Å². The normalized spacial score (nSPS) is 16.8. The molecule has 96 valence electrons. The lowest BCUT2D eigenvalue weighted by molar-refractivity contribution is -0.130. The van der Waals surface area contributed by atoms with Crippen LogP contribution in [0.25, 0.3) is 11.1 Å². The molecule has 1 aromatic heterocycles. The summed E-state index contributed by atoms with van der Waals surface area (Å²) in [5.74, 6) is 0.130. The minimum absolute atomic E-state index is 0.0283. The number of rotatable bonds is 2. The lowest BCUT2D eigenvalue weighted by Crippen LogP contribution is -2.21. The second-order valence-corrected chi connectivity index (χ2v) is 5.00. The van der Waals surface area contributed by atoms with Gasteiger partial charge in [-0.25, -0.2) is 0 Å². The van der Waals surface area contributed by atoms with Crippen LogP contribution in [0.15, 0.2) is 47.3 Å². The van der Waals surface area contributed by atoms with Crippen LogP contribution in [0.1, 0.15) is 30.7 Å². The molecule has 3 nitrogen and oxygen atoms in total. The van der Waals surface area contributed by atoms with Gasteiger partial charge < -0.3 is 4.42 Å². The minimum atomic E-state index is 0.0283. The van der Waals surface area contributed by atoms with Crippen LogP contribution in [0.5, 0.6) is 0 Å². The summed E-state index contributed by atoms with van der Waals surface area (Å²) < 4.78 is 5.08. The molecular formula is C16H14O3. The molecule has 3 rings (SSSR count). The molecule has 1 saturated carbocycles. The van der Waals surface area contributed by atoms with E-state index in [9.17, 15) is 9.59 Å². The average molecular weight is 254 g/mol. The fraction of sp³-hybridized carbons (Fsp3) is 0.250. The molecule has 0 unspecified atom stereocenters. The molecule has 0 radical (unpaired) electrons. The number of carbonyl (C=O) groups excluding carboxylic acids is 2. The van der Waals surface area contributed by atoms with Gasteiger partial charge >= 0.3 is 0 Å². The van der Waals surface area contributed by atoms with E-state index in [4.69, 9.17) is 4.42 Å². The fourth-order valence-electron chi connectivity index (χ4n) is 2.62. The number of Topliss-reactive ketones (excluding diaryl/α,β-unsaturated/α-hetero) is 2. The van der Waals surface area contributed by atoms with Crippen LogP contribution in [-0.4, -0.2) is 11.6 Å². The number of hydrogen-bond donors (Lipinski definition) is 0. The SMILES string of the molecule is O=C1CC(=O)CC(c2cccc(-c3ccoc3)c2)C1. The molecule has 1 aliphatic rings. The van der Waals surface area contributed by atoms with Crippen LogP contribution < -0.4 is 0 Å². The van der Waals surface area contributed by atoms with E-state index in [0.717, 1.165) is 16.7 Å². The highest BCUT2D eigenvalue weighted by molar-refractivity contribution is 6.02. The maximum atomic E-state index is 11.5. The van der Waals surface area contributed by atoms with E-state index in [2.05, 4.69) is 0 Å². The van der Waals surface area contributed by atoms with E-state index in [1.54, 1.807) is 12.5 Å². The van der Waals surface area contributed by atoms with Gasteiger partial charge in [-0.3, -0.25) is 9.59 Å². The van der Waals surface area contributed by atoms with Crippen LogP contribution in [0, 0.1) is 0 Å². The molecule has 19 heavy (non-hydrogen) atoms. The number of benzene rings is 1. The molecule has 0 atom stereocenters. The number of ketones is 2. The van der Waals surface area contributed by atoms with Crippen molar-refractivity contribution in [3.8, 4) is 11.1 Å². The number of furan rings is 1. The number of hydrogen-bond acceptors (Lipinski definition) is 3. The van der Waals surface area contributed by atoms with E-state index in [-0.39, 0.29) is 23.9 Å². The standard InChI is InChI=1S/C16H14O3/c17-15-7-14(8-16(18)9-15)12-3-1-2-11(6-12)13-4-5-19-10-13/h1-6,10,14H,7-9H2. The van der Waals surface area contributed by atoms with E-state index in [0.29, 0.717) is 12.8 Å². The molecule has 2 aromatic rings. The third-order valence-corrected chi connectivity index (χ3v) is 3.56. The van der Waals surface area contributed by atoms with Gasteiger partial charge in [0.15, 0.2) is 0 Å². The average Bonchev–Trinajstić information content (AvgIpc) is 2.92. The van der Waals surface area contributed by atoms with E-state index < -0.39 is 0 Å². The third kappa shape index (κ3) is 2.50. The molecule has 1 fully saturated rings. The van der Waals surface area contributed by atoms with Gasteiger partial charge in [0, 0.05) is 18.4 Å². The zero-order valence-electron chi connectivity index (χ0n) is 10.5. The Hall–Kier alpha value is -2.16. The first-order chi connectivity index (χ1) is 9.22. The quantitative estimate of drug-likeness (QED) is 0.772. The van der Waals surface area contributed by atoms with Crippen molar-refractivity contribution in [2.45, 2.75) is 25.2 Å². The summed E-state index contributed by atoms with van der Waals surface area (Å²) in [6, 6.07) is 9.89. The van der Waals surface area contributed by atoms with Gasteiger partial charge in [-0.05, 0) is 23.1 Å². The van der Waals surface area contributed by atoms with Crippen molar-refractivity contribution in [2.75, 3.05) is 0 Å². The smallest absolute Gasteiger partial charge is 0.140 e. The van der Waals surface area contributed by atoms with Gasteiger partial charge in [-0.1, -0.05) is 24.3 Å². The largest absolute Gasteiger partial charge is 0.472 e. The highest BCUT2D eigenvalue weighted by Gasteiger charge is 2.26. The first-order valence-corrected chi connectivity index (χ1v) is 6.38. The van der Waals surface area contributed by atoms with Crippen LogP contribution in [0.3, 0.4) is 0 Å². The van der Waals surface area contributed by atoms with Crippen molar-refractivity contribution >= 4 is 11.6 Å². The minimum Gasteiger partial charge on any atom is -0.472 e. The topological polar surface area (TPSA) is 47.3 Å². The summed E-state index contributed by atoms with van der Waals surface area (Å²) in [6.07, 6.45) is 4.38. The van der Waals surface area contributed by atoms with E-state index >= 15 is 0 Å². The lowest BCUT2D eigenvalue weighted by atomic mass is 9.82. The van der Waals surface area contributed by atoms with Crippen molar-refractivity contribution in [2.24, 2.45) is 0 Å². The molecule has 0 amide bonds. The Morgan fingerprint density at radius 3 is 2.47 bits per heavy atom. The molecule has 0 spiro atoms. The number of carbonyl (C=O) groups is 2. The molecule has 0 saturated heterocycles. The van der Waals surface area contributed by atoms with E-state index in [1.165, 1.54) is 0 Å². The maximum absolute atomic E-state index is 11.5. The third-order valence-electron chi connectivity index (χ3n) is 3.56. The second kappa shape index (κ2) is 4.84. The Morgan fingerprint density at radius 2 is 1.79 bits per heavy atom. The Labute approximate surface area is 111 Å². The van der Waals surface area contributed by atoms with Crippen molar-refractivity contribution in [3.63, 3.8) is 0 Å². The molecular weight excluding hydrogens is 240 g/mol. The summed E-state index contributed by atoms with van der Waals surface area (Å²) >= 11 is 0. The van der Waals surface area contributed by atoms with Gasteiger partial charge in [0.1, 0.15) is 11.6 Å². The molecule has 1 aromatic carbocycles. The summed E-state index contributed by atoms with van der Waals surface area (Å²) in [7, 11) is 0. The van der Waals surface area contributed by atoms with Crippen LogP contribution in [0.4, 0.5) is 0 Å². The van der Waals surface area contributed by atoms with Crippen molar-refractivity contribution < 1.29 is 14.0 Å². The first-order valence-electron chi connectivity index (χ1n) is 6.38. The second-order valence-electron chi connectivity index (χ2n) is 5.00. The summed E-state index contributed by atoms with van der Waals surface area (Å²) in [4.78, 5) is 23.1. The van der Waals surface area contributed by atoms with Crippen LogP contribution in [0.2, 0.25) is 0 Å².